The molecule has 20 heavy (non-hydrogen) atoms. The third kappa shape index (κ3) is 2.17. The average Bonchev–Trinajstić information content (AvgIpc) is 2.95. The van der Waals surface area contributed by atoms with Gasteiger partial charge >= 0.3 is 0 Å². The second-order valence-electron chi connectivity index (χ2n) is 4.37. The molecule has 0 saturated carbocycles. The number of carbonyl (C=O) groups excluding carboxylic acids is 1. The highest BCUT2D eigenvalue weighted by Crippen LogP contribution is 2.28. The van der Waals surface area contributed by atoms with Crippen molar-refractivity contribution < 1.29 is 9.32 Å². The van der Waals surface area contributed by atoms with E-state index in [-0.39, 0.29) is 11.7 Å². The van der Waals surface area contributed by atoms with E-state index >= 15 is 0 Å². The Balaban J connectivity index is 2.29. The Hall–Kier alpha value is -1.59. The van der Waals surface area contributed by atoms with Crippen LogP contribution in [0.3, 0.4) is 0 Å². The highest BCUT2D eigenvalue weighted by atomic mass is 79.9. The molecular weight excluding hydrogens is 344 g/mol. The number of aryl methyl sites for hydroxylation is 1. The van der Waals surface area contributed by atoms with Gasteiger partial charge in [-0.3, -0.25) is 4.79 Å². The van der Waals surface area contributed by atoms with Gasteiger partial charge in [0.15, 0.2) is 11.4 Å². The molecular formula is C14H10BrClN2O2. The number of nitrogens with zero attached hydrogens (tertiary/aromatic N) is 2. The predicted octanol–water partition coefficient (Wildman–Crippen LogP) is 4.09. The smallest absolute Gasteiger partial charge is 0.198 e. The van der Waals surface area contributed by atoms with Gasteiger partial charge in [0.2, 0.25) is 0 Å². The van der Waals surface area contributed by atoms with Crippen molar-refractivity contribution in [3.05, 3.63) is 46.3 Å². The monoisotopic (exact) mass is 352 g/mol. The Kier molecular flexibility index (Phi) is 3.40. The summed E-state index contributed by atoms with van der Waals surface area (Å²) in [6, 6.07) is 9.39. The SMILES string of the molecule is Cc1cc2nc(C(=O)CCl)c(-c3ccc(Br)cc3)n2o1. The fourth-order valence-electron chi connectivity index (χ4n) is 2.08. The molecule has 0 bridgehead atoms. The molecule has 2 heterocycles. The third-order valence-corrected chi connectivity index (χ3v) is 3.70. The highest BCUT2D eigenvalue weighted by Gasteiger charge is 2.22. The van der Waals surface area contributed by atoms with Gasteiger partial charge in [-0.15, -0.1) is 11.6 Å². The van der Waals surface area contributed by atoms with Crippen LogP contribution in [0.4, 0.5) is 0 Å². The van der Waals surface area contributed by atoms with Crippen molar-refractivity contribution in [3.63, 3.8) is 0 Å². The quantitative estimate of drug-likeness (QED) is 0.526. The zero-order chi connectivity index (χ0) is 14.3. The second-order valence-corrected chi connectivity index (χ2v) is 5.55. The van der Waals surface area contributed by atoms with E-state index < -0.39 is 0 Å². The molecule has 0 atom stereocenters. The number of hydrogen-bond donors (Lipinski definition) is 0. The number of carbonyl (C=O) groups is 1. The van der Waals surface area contributed by atoms with E-state index in [1.807, 2.05) is 31.2 Å². The minimum atomic E-state index is -0.221. The van der Waals surface area contributed by atoms with Crippen LogP contribution in [0.1, 0.15) is 16.2 Å². The van der Waals surface area contributed by atoms with Crippen molar-refractivity contribution >= 4 is 39.0 Å². The fraction of sp³-hybridized carbons (Fsp3) is 0.143. The van der Waals surface area contributed by atoms with Gasteiger partial charge in [-0.05, 0) is 19.1 Å². The molecule has 1 aromatic carbocycles. The molecule has 0 N–H and O–H groups in total. The molecule has 102 valence electrons. The van der Waals surface area contributed by atoms with Gasteiger partial charge in [0, 0.05) is 16.1 Å². The number of benzene rings is 1. The lowest BCUT2D eigenvalue weighted by molar-refractivity contribution is 0.101. The molecule has 0 fully saturated rings. The minimum absolute atomic E-state index is 0.108. The van der Waals surface area contributed by atoms with Gasteiger partial charge in [0.1, 0.15) is 17.1 Å². The molecule has 3 rings (SSSR count). The molecule has 2 aromatic heterocycles. The molecule has 4 nitrogen and oxygen atoms in total. The van der Waals surface area contributed by atoms with Crippen molar-refractivity contribution in [2.24, 2.45) is 0 Å². The number of aromatic nitrogens is 2. The summed E-state index contributed by atoms with van der Waals surface area (Å²) in [5, 5.41) is 0. The van der Waals surface area contributed by atoms with Crippen LogP contribution in [0, 0.1) is 6.92 Å². The van der Waals surface area contributed by atoms with Gasteiger partial charge in [-0.25, -0.2) is 4.98 Å². The highest BCUT2D eigenvalue weighted by molar-refractivity contribution is 9.10. The van der Waals surface area contributed by atoms with Crippen molar-refractivity contribution in [2.45, 2.75) is 6.92 Å². The molecule has 0 aliphatic rings. The summed E-state index contributed by atoms with van der Waals surface area (Å²) in [4.78, 5) is 16.3. The maximum Gasteiger partial charge on any atom is 0.198 e. The zero-order valence-corrected chi connectivity index (χ0v) is 12.9. The van der Waals surface area contributed by atoms with Crippen LogP contribution in [0.15, 0.2) is 39.3 Å². The average molecular weight is 354 g/mol. The zero-order valence-electron chi connectivity index (χ0n) is 10.6. The molecule has 0 aliphatic carbocycles. The molecule has 0 radical (unpaired) electrons. The van der Waals surface area contributed by atoms with E-state index in [1.165, 1.54) is 0 Å². The lowest BCUT2D eigenvalue weighted by atomic mass is 10.1. The number of Topliss-reactive ketones (excluding diaryl/α,β-unsaturated/α-hetero) is 1. The van der Waals surface area contributed by atoms with Crippen LogP contribution in [0.2, 0.25) is 0 Å². The van der Waals surface area contributed by atoms with Gasteiger partial charge in [-0.1, -0.05) is 28.1 Å². The number of alkyl halides is 1. The Morgan fingerprint density at radius 1 is 1.40 bits per heavy atom. The van der Waals surface area contributed by atoms with Gasteiger partial charge in [0.05, 0.1) is 5.88 Å². The van der Waals surface area contributed by atoms with E-state index in [2.05, 4.69) is 20.9 Å². The molecule has 0 aliphatic heterocycles. The first-order valence-electron chi connectivity index (χ1n) is 5.94. The van der Waals surface area contributed by atoms with Crippen molar-refractivity contribution in [1.29, 1.82) is 0 Å². The molecule has 0 spiro atoms. The van der Waals surface area contributed by atoms with Gasteiger partial charge in [-0.2, -0.15) is 4.57 Å². The molecule has 0 amide bonds. The van der Waals surface area contributed by atoms with Crippen molar-refractivity contribution in [2.75, 3.05) is 5.88 Å². The van der Waals surface area contributed by atoms with Crippen LogP contribution in [0.5, 0.6) is 0 Å². The lowest BCUT2D eigenvalue weighted by Crippen LogP contribution is -2.03. The van der Waals surface area contributed by atoms with Crippen LogP contribution in [-0.4, -0.2) is 21.2 Å². The topological polar surface area (TPSA) is 47.5 Å². The van der Waals surface area contributed by atoms with Crippen molar-refractivity contribution in [3.8, 4) is 11.3 Å². The molecule has 0 unspecified atom stereocenters. The summed E-state index contributed by atoms with van der Waals surface area (Å²) in [6.45, 7) is 1.84. The minimum Gasteiger partial charge on any atom is -0.378 e. The predicted molar refractivity (Wildman–Crippen MR) is 80.4 cm³/mol. The summed E-state index contributed by atoms with van der Waals surface area (Å²) >= 11 is 9.05. The van der Waals surface area contributed by atoms with E-state index in [4.69, 9.17) is 16.1 Å². The molecule has 6 heteroatoms. The first-order chi connectivity index (χ1) is 9.60. The molecule has 3 aromatic rings. The van der Waals surface area contributed by atoms with Crippen LogP contribution < -0.4 is 0 Å². The Bertz CT molecular complexity index is 789. The Morgan fingerprint density at radius 3 is 2.75 bits per heavy atom. The number of halogens is 2. The van der Waals surface area contributed by atoms with Crippen LogP contribution >= 0.6 is 27.5 Å². The number of ketones is 1. The third-order valence-electron chi connectivity index (χ3n) is 2.93. The Morgan fingerprint density at radius 2 is 2.10 bits per heavy atom. The number of hydrogen-bond acceptors (Lipinski definition) is 3. The fourth-order valence-corrected chi connectivity index (χ4v) is 2.47. The first kappa shape index (κ1) is 13.4. The largest absolute Gasteiger partial charge is 0.378 e. The summed E-state index contributed by atoms with van der Waals surface area (Å²) in [7, 11) is 0. The van der Waals surface area contributed by atoms with Crippen molar-refractivity contribution in [1.82, 2.24) is 9.56 Å². The van der Waals surface area contributed by atoms with E-state index in [1.54, 1.807) is 10.6 Å². The molecule has 0 saturated heterocycles. The standard InChI is InChI=1S/C14H10BrClN2O2/c1-8-6-12-17-13(11(19)7-16)14(18(12)20-8)9-2-4-10(15)5-3-9/h2-6H,7H2,1H3. The summed E-state index contributed by atoms with van der Waals surface area (Å²) in [6.07, 6.45) is 0. The number of fused-ring (bicyclic) bond motifs is 1. The normalized spacial score (nSPS) is 11.2. The summed E-state index contributed by atoms with van der Waals surface area (Å²) < 4.78 is 8.13. The Labute approximate surface area is 128 Å². The number of rotatable bonds is 3. The van der Waals surface area contributed by atoms with E-state index in [0.717, 1.165) is 15.8 Å². The first-order valence-corrected chi connectivity index (χ1v) is 7.27. The lowest BCUT2D eigenvalue weighted by Gasteiger charge is -2.02. The van der Waals surface area contributed by atoms with Crippen LogP contribution in [-0.2, 0) is 0 Å². The second kappa shape index (κ2) is 5.07. The summed E-state index contributed by atoms with van der Waals surface area (Å²) in [5.74, 6) is 0.403. The maximum absolute atomic E-state index is 12.0. The number of imidazole rings is 1. The van der Waals surface area contributed by atoms with E-state index in [0.29, 0.717) is 17.0 Å². The van der Waals surface area contributed by atoms with Gasteiger partial charge < -0.3 is 4.52 Å². The maximum atomic E-state index is 12.0. The van der Waals surface area contributed by atoms with Crippen LogP contribution in [0.25, 0.3) is 16.9 Å². The van der Waals surface area contributed by atoms with E-state index in [9.17, 15) is 4.79 Å². The van der Waals surface area contributed by atoms with Gasteiger partial charge in [0.25, 0.3) is 0 Å². The summed E-state index contributed by atoms with van der Waals surface area (Å²) in [5.41, 5.74) is 2.42.